The lowest BCUT2D eigenvalue weighted by molar-refractivity contribution is -0.0580. The highest BCUT2D eigenvalue weighted by Gasteiger charge is 2.10. The van der Waals surface area contributed by atoms with Crippen LogP contribution >= 0.6 is 0 Å². The second-order valence-electron chi connectivity index (χ2n) is 3.25. The number of nitrogens with one attached hydrogen (secondary N) is 1. The number of nitrogens with zero attached hydrogens (tertiary/aromatic N) is 1. The average Bonchev–Trinajstić information content (AvgIpc) is 2.17. The molecule has 2 atom stereocenters. The van der Waals surface area contributed by atoms with Crippen LogP contribution in [0.3, 0.4) is 0 Å². The maximum Gasteiger partial charge on any atom is 0.330 e. The Kier molecular flexibility index (Phi) is 3.81. The second kappa shape index (κ2) is 4.90. The summed E-state index contributed by atoms with van der Waals surface area (Å²) in [4.78, 5) is 24.2. The molecule has 1 rings (SSSR count). The van der Waals surface area contributed by atoms with Crippen LogP contribution in [0.4, 0.5) is 0 Å². The predicted molar refractivity (Wildman–Crippen MR) is 53.7 cm³/mol. The van der Waals surface area contributed by atoms with Crippen molar-refractivity contribution in [2.24, 2.45) is 0 Å². The molecule has 1 aromatic rings. The van der Waals surface area contributed by atoms with Crippen molar-refractivity contribution in [2.75, 3.05) is 6.61 Å². The molecule has 15 heavy (non-hydrogen) atoms. The summed E-state index contributed by atoms with van der Waals surface area (Å²) in [6, 6.07) is 1.24. The van der Waals surface area contributed by atoms with E-state index in [1.165, 1.54) is 16.8 Å². The Balaban J connectivity index is 2.87. The molecule has 1 heterocycles. The van der Waals surface area contributed by atoms with E-state index in [9.17, 15) is 9.59 Å². The Labute approximate surface area is 86.1 Å². The molecule has 0 unspecified atom stereocenters. The van der Waals surface area contributed by atoms with Crippen molar-refractivity contribution in [1.29, 1.82) is 0 Å². The zero-order valence-corrected chi connectivity index (χ0v) is 8.64. The first-order chi connectivity index (χ1) is 7.04. The van der Waals surface area contributed by atoms with E-state index < -0.39 is 17.5 Å². The summed E-state index contributed by atoms with van der Waals surface area (Å²) < 4.78 is 6.54. The molecule has 0 saturated carbocycles. The maximum atomic E-state index is 11.3. The molecule has 0 spiro atoms. The molecular formula is C9H14N2O4. The number of hydrogen-bond acceptors (Lipinski definition) is 4. The molecule has 84 valence electrons. The van der Waals surface area contributed by atoms with E-state index in [2.05, 4.69) is 4.98 Å². The van der Waals surface area contributed by atoms with Gasteiger partial charge in [-0.15, -0.1) is 0 Å². The van der Waals surface area contributed by atoms with Gasteiger partial charge in [0, 0.05) is 12.3 Å². The van der Waals surface area contributed by atoms with Crippen molar-refractivity contribution in [3.05, 3.63) is 33.1 Å². The van der Waals surface area contributed by atoms with Gasteiger partial charge in [0.1, 0.15) is 6.23 Å². The Hall–Kier alpha value is -1.40. The lowest BCUT2D eigenvalue weighted by Crippen LogP contribution is -2.33. The minimum Gasteiger partial charge on any atom is -0.394 e. The van der Waals surface area contributed by atoms with Gasteiger partial charge >= 0.3 is 5.69 Å². The van der Waals surface area contributed by atoms with Gasteiger partial charge in [0.2, 0.25) is 0 Å². The molecule has 6 heteroatoms. The summed E-state index contributed by atoms with van der Waals surface area (Å²) in [6.45, 7) is 3.22. The predicted octanol–water partition coefficient (Wildman–Crippen LogP) is -0.548. The molecule has 0 amide bonds. The third-order valence-corrected chi connectivity index (χ3v) is 1.93. The van der Waals surface area contributed by atoms with E-state index in [1.54, 1.807) is 13.8 Å². The first-order valence-electron chi connectivity index (χ1n) is 4.62. The fourth-order valence-electron chi connectivity index (χ4n) is 1.16. The van der Waals surface area contributed by atoms with Gasteiger partial charge in [-0.1, -0.05) is 0 Å². The lowest BCUT2D eigenvalue weighted by atomic mass is 10.4. The number of ether oxygens (including phenoxy) is 1. The van der Waals surface area contributed by atoms with Crippen molar-refractivity contribution in [2.45, 2.75) is 26.2 Å². The minimum absolute atomic E-state index is 0.123. The number of aliphatic hydroxyl groups is 1. The van der Waals surface area contributed by atoms with Crippen LogP contribution in [0.15, 0.2) is 21.9 Å². The third kappa shape index (κ3) is 3.03. The molecule has 2 N–H and O–H groups in total. The van der Waals surface area contributed by atoms with Gasteiger partial charge in [0.15, 0.2) is 0 Å². The second-order valence-corrected chi connectivity index (χ2v) is 3.25. The van der Waals surface area contributed by atoms with E-state index in [0.717, 1.165) is 0 Å². The largest absolute Gasteiger partial charge is 0.394 e. The summed E-state index contributed by atoms with van der Waals surface area (Å²) >= 11 is 0. The smallest absolute Gasteiger partial charge is 0.330 e. The van der Waals surface area contributed by atoms with E-state index in [-0.39, 0.29) is 12.7 Å². The summed E-state index contributed by atoms with van der Waals surface area (Å²) in [7, 11) is 0. The van der Waals surface area contributed by atoms with Crippen LogP contribution in [-0.4, -0.2) is 27.4 Å². The van der Waals surface area contributed by atoms with Crippen LogP contribution in [-0.2, 0) is 4.74 Å². The van der Waals surface area contributed by atoms with Crippen molar-refractivity contribution in [3.8, 4) is 0 Å². The van der Waals surface area contributed by atoms with Gasteiger partial charge in [-0.3, -0.25) is 14.3 Å². The lowest BCUT2D eigenvalue weighted by Gasteiger charge is -2.18. The molecule has 0 radical (unpaired) electrons. The fraction of sp³-hybridized carbons (Fsp3) is 0.556. The average molecular weight is 214 g/mol. The fourth-order valence-corrected chi connectivity index (χ4v) is 1.16. The summed E-state index contributed by atoms with van der Waals surface area (Å²) in [5, 5.41) is 8.77. The molecule has 0 aliphatic carbocycles. The Morgan fingerprint density at radius 1 is 1.53 bits per heavy atom. The summed E-state index contributed by atoms with van der Waals surface area (Å²) in [5.74, 6) is 0. The molecule has 0 aliphatic rings. The molecule has 0 saturated heterocycles. The highest BCUT2D eigenvalue weighted by Crippen LogP contribution is 2.06. The van der Waals surface area contributed by atoms with Crippen LogP contribution in [0.5, 0.6) is 0 Å². The number of H-pyrrole nitrogens is 1. The van der Waals surface area contributed by atoms with Crippen LogP contribution < -0.4 is 11.2 Å². The summed E-state index contributed by atoms with van der Waals surface area (Å²) in [6.07, 6.45) is 0.464. The minimum atomic E-state index is -0.531. The number of rotatable bonds is 4. The normalized spacial score (nSPS) is 14.9. The van der Waals surface area contributed by atoms with Crippen LogP contribution in [0.1, 0.15) is 20.1 Å². The van der Waals surface area contributed by atoms with E-state index >= 15 is 0 Å². The highest BCUT2D eigenvalue weighted by molar-refractivity contribution is 4.83. The monoisotopic (exact) mass is 214 g/mol. The van der Waals surface area contributed by atoms with Crippen molar-refractivity contribution in [3.63, 3.8) is 0 Å². The van der Waals surface area contributed by atoms with Gasteiger partial charge in [-0.05, 0) is 13.8 Å². The highest BCUT2D eigenvalue weighted by atomic mass is 16.5. The van der Waals surface area contributed by atoms with E-state index in [0.29, 0.717) is 0 Å². The molecular weight excluding hydrogens is 200 g/mol. The zero-order valence-electron chi connectivity index (χ0n) is 8.64. The van der Waals surface area contributed by atoms with E-state index in [4.69, 9.17) is 9.84 Å². The topological polar surface area (TPSA) is 84.3 Å². The Morgan fingerprint density at radius 2 is 2.20 bits per heavy atom. The van der Waals surface area contributed by atoms with Crippen LogP contribution in [0.2, 0.25) is 0 Å². The first kappa shape index (κ1) is 11.7. The molecule has 1 aromatic heterocycles. The maximum absolute atomic E-state index is 11.3. The van der Waals surface area contributed by atoms with Gasteiger partial charge in [0.25, 0.3) is 5.56 Å². The number of aromatic nitrogens is 2. The van der Waals surface area contributed by atoms with Crippen LogP contribution in [0, 0.1) is 0 Å². The number of hydrogen-bond donors (Lipinski definition) is 2. The van der Waals surface area contributed by atoms with E-state index in [1.807, 2.05) is 0 Å². The van der Waals surface area contributed by atoms with Crippen molar-refractivity contribution in [1.82, 2.24) is 9.55 Å². The molecule has 6 nitrogen and oxygen atoms in total. The van der Waals surface area contributed by atoms with Crippen LogP contribution in [0.25, 0.3) is 0 Å². The Morgan fingerprint density at radius 3 is 2.73 bits per heavy atom. The standard InChI is InChI=1S/C9H14N2O4/c1-6(5-12)15-7(2)11-4-3-8(13)10-9(11)14/h3-4,6-7,12H,5H2,1-2H3,(H,10,13,14)/t6-,7+/m0/s1. The van der Waals surface area contributed by atoms with Crippen molar-refractivity contribution < 1.29 is 9.84 Å². The summed E-state index contributed by atoms with van der Waals surface area (Å²) in [5.41, 5.74) is -0.973. The van der Waals surface area contributed by atoms with Gasteiger partial charge < -0.3 is 9.84 Å². The zero-order chi connectivity index (χ0) is 11.4. The number of aliphatic hydroxyl groups excluding tert-OH is 1. The molecule has 0 aromatic carbocycles. The first-order valence-corrected chi connectivity index (χ1v) is 4.62. The molecule has 0 bridgehead atoms. The van der Waals surface area contributed by atoms with Gasteiger partial charge in [0.05, 0.1) is 12.7 Å². The third-order valence-electron chi connectivity index (χ3n) is 1.93. The quantitative estimate of drug-likeness (QED) is 0.704. The Bertz CT molecular complexity index is 423. The SMILES string of the molecule is C[C@@H](CO)O[C@H](C)n1ccc(=O)[nH]c1=O. The number of aromatic amines is 1. The van der Waals surface area contributed by atoms with Gasteiger partial charge in [-0.25, -0.2) is 4.79 Å². The molecule has 0 fully saturated rings. The van der Waals surface area contributed by atoms with Gasteiger partial charge in [-0.2, -0.15) is 0 Å². The van der Waals surface area contributed by atoms with Crippen molar-refractivity contribution >= 4 is 0 Å². The molecule has 0 aliphatic heterocycles.